The zero-order valence-corrected chi connectivity index (χ0v) is 21.2. The molecule has 8 heteroatoms. The third-order valence-corrected chi connectivity index (χ3v) is 6.71. The van der Waals surface area contributed by atoms with Crippen LogP contribution in [-0.4, -0.2) is 0 Å². The molecule has 8 N–H and O–H groups in total. The van der Waals surface area contributed by atoms with Crippen molar-refractivity contribution in [1.82, 2.24) is 0 Å². The van der Waals surface area contributed by atoms with E-state index in [-0.39, 0.29) is 0 Å². The predicted molar refractivity (Wildman–Crippen MR) is 149 cm³/mol. The monoisotopic (exact) mass is 532 g/mol. The van der Waals surface area contributed by atoms with E-state index in [1.807, 2.05) is 48.5 Å². The van der Waals surface area contributed by atoms with Crippen molar-refractivity contribution < 1.29 is 0 Å². The molecule has 4 aromatic rings. The molecule has 176 valence electrons. The summed E-state index contributed by atoms with van der Waals surface area (Å²) in [4.78, 5) is 0. The third-order valence-electron chi connectivity index (χ3n) is 5.14. The quantitative estimate of drug-likeness (QED) is 0.204. The normalized spacial score (nSPS) is 10.5. The summed E-state index contributed by atoms with van der Waals surface area (Å²) in [6.07, 6.45) is 1.37. The van der Waals surface area contributed by atoms with E-state index in [1.54, 1.807) is 24.3 Å². The molecular weight excluding hydrogens is 510 g/mol. The average molecular weight is 534 g/mol. The summed E-state index contributed by atoms with van der Waals surface area (Å²) in [6, 6.07) is 22.4. The van der Waals surface area contributed by atoms with Gasteiger partial charge in [0.05, 0.1) is 42.8 Å². The topological polar surface area (TPSA) is 104 Å². The average Bonchev–Trinajstić information content (AvgIpc) is 2.80. The number of rotatable bonds is 4. The van der Waals surface area contributed by atoms with Crippen LogP contribution in [0.4, 0.5) is 22.7 Å². The number of anilines is 4. The molecule has 0 aromatic heterocycles. The number of halogens is 4. The maximum absolute atomic E-state index is 6.14. The van der Waals surface area contributed by atoms with Crippen LogP contribution in [-0.2, 0) is 12.8 Å². The van der Waals surface area contributed by atoms with E-state index in [2.05, 4.69) is 0 Å². The smallest absolute Gasteiger partial charge is 0.0670 e. The van der Waals surface area contributed by atoms with Crippen LogP contribution in [0.3, 0.4) is 0 Å². The van der Waals surface area contributed by atoms with Crippen molar-refractivity contribution in [2.24, 2.45) is 0 Å². The van der Waals surface area contributed by atoms with Gasteiger partial charge in [-0.05, 0) is 65.1 Å². The maximum atomic E-state index is 6.14. The Hall–Kier alpha value is -2.76. The van der Waals surface area contributed by atoms with Crippen LogP contribution in [0.1, 0.15) is 22.3 Å². The minimum Gasteiger partial charge on any atom is -0.398 e. The summed E-state index contributed by atoms with van der Waals surface area (Å²) in [5.74, 6) is 0. The molecule has 0 bridgehead atoms. The Balaban J connectivity index is 0.000000191. The van der Waals surface area contributed by atoms with Gasteiger partial charge in [0, 0.05) is 6.42 Å². The zero-order chi connectivity index (χ0) is 24.8. The second-order valence-corrected chi connectivity index (χ2v) is 9.28. The van der Waals surface area contributed by atoms with Crippen molar-refractivity contribution in [2.75, 3.05) is 22.9 Å². The molecule has 0 fully saturated rings. The molecule has 0 atom stereocenters. The Morgan fingerprint density at radius 1 is 0.471 bits per heavy atom. The number of benzene rings is 4. The Labute approximate surface area is 219 Å². The molecule has 0 aliphatic heterocycles. The number of nitrogen functional groups attached to an aromatic ring is 4. The van der Waals surface area contributed by atoms with Gasteiger partial charge in [-0.1, -0.05) is 82.8 Å². The van der Waals surface area contributed by atoms with Gasteiger partial charge < -0.3 is 22.9 Å². The molecule has 0 radical (unpaired) electrons. The lowest BCUT2D eigenvalue weighted by Crippen LogP contribution is -1.96. The van der Waals surface area contributed by atoms with Crippen LogP contribution in [0, 0.1) is 0 Å². The molecule has 0 heterocycles. The van der Waals surface area contributed by atoms with Gasteiger partial charge in [0.1, 0.15) is 0 Å². The van der Waals surface area contributed by atoms with E-state index >= 15 is 0 Å². The number of hydrogen-bond acceptors (Lipinski definition) is 4. The summed E-state index contributed by atoms with van der Waals surface area (Å²) >= 11 is 24.2. The first-order valence-electron chi connectivity index (χ1n) is 10.3. The van der Waals surface area contributed by atoms with Gasteiger partial charge in [-0.3, -0.25) is 0 Å². The Kier molecular flexibility index (Phi) is 8.81. The highest BCUT2D eigenvalue weighted by Gasteiger charge is 2.08. The molecule has 0 aliphatic rings. The van der Waals surface area contributed by atoms with E-state index in [0.717, 1.165) is 28.7 Å². The van der Waals surface area contributed by atoms with E-state index in [0.29, 0.717) is 49.3 Å². The molecule has 4 nitrogen and oxygen atoms in total. The van der Waals surface area contributed by atoms with Crippen molar-refractivity contribution in [1.29, 1.82) is 0 Å². The summed E-state index contributed by atoms with van der Waals surface area (Å²) < 4.78 is 0. The van der Waals surface area contributed by atoms with Gasteiger partial charge >= 0.3 is 0 Å². The molecule has 0 saturated heterocycles. The van der Waals surface area contributed by atoms with Crippen LogP contribution >= 0.6 is 46.4 Å². The summed E-state index contributed by atoms with van der Waals surface area (Å²) in [6.45, 7) is 0. The summed E-state index contributed by atoms with van der Waals surface area (Å²) in [5, 5.41) is 2.30. The minimum absolute atomic E-state index is 0.573. The molecule has 0 unspecified atom stereocenters. The SMILES string of the molecule is Nc1ccc(Cc2ccc(N)c(Cl)c2)cc1Cl.Nc1cccc(Cc2cccc(N)c2Cl)c1Cl. The number of hydrogen-bond donors (Lipinski definition) is 4. The van der Waals surface area contributed by atoms with Crippen LogP contribution < -0.4 is 22.9 Å². The summed E-state index contributed by atoms with van der Waals surface area (Å²) in [5.41, 5.74) is 29.2. The lowest BCUT2D eigenvalue weighted by Gasteiger charge is -2.09. The van der Waals surface area contributed by atoms with E-state index in [1.165, 1.54) is 0 Å². The molecular formula is C26H24Cl4N4. The third kappa shape index (κ3) is 6.64. The van der Waals surface area contributed by atoms with Crippen molar-refractivity contribution in [3.05, 3.63) is 115 Å². The Morgan fingerprint density at radius 3 is 1.26 bits per heavy atom. The van der Waals surface area contributed by atoms with Crippen LogP contribution in [0.25, 0.3) is 0 Å². The predicted octanol–water partition coefficient (Wildman–Crippen LogP) is 7.50. The van der Waals surface area contributed by atoms with Gasteiger partial charge in [-0.15, -0.1) is 0 Å². The fraction of sp³-hybridized carbons (Fsp3) is 0.0769. The Bertz CT molecular complexity index is 1210. The molecule has 4 rings (SSSR count). The molecule has 34 heavy (non-hydrogen) atoms. The van der Waals surface area contributed by atoms with E-state index in [4.69, 9.17) is 69.3 Å². The maximum Gasteiger partial charge on any atom is 0.0670 e. The van der Waals surface area contributed by atoms with E-state index < -0.39 is 0 Å². The van der Waals surface area contributed by atoms with Crippen molar-refractivity contribution >= 4 is 69.2 Å². The fourth-order valence-electron chi connectivity index (χ4n) is 3.27. The van der Waals surface area contributed by atoms with Crippen molar-refractivity contribution in [3.63, 3.8) is 0 Å². The standard InChI is InChI=1S/2C13H12Cl2N2/c14-10-6-8(1-3-12(10)16)5-9-2-4-13(17)11(15)7-9;14-12-8(3-1-5-10(12)16)7-9-4-2-6-11(17)13(9)15/h1-4,6-7H,5,16-17H2;1-6H,7,16-17H2. The highest BCUT2D eigenvalue weighted by atomic mass is 35.5. The van der Waals surface area contributed by atoms with Crippen LogP contribution in [0.2, 0.25) is 20.1 Å². The van der Waals surface area contributed by atoms with Gasteiger partial charge in [-0.25, -0.2) is 0 Å². The molecule has 0 saturated carbocycles. The molecule has 0 spiro atoms. The first-order valence-corrected chi connectivity index (χ1v) is 11.8. The minimum atomic E-state index is 0.573. The number of nitrogens with two attached hydrogens (primary N) is 4. The Morgan fingerprint density at radius 2 is 0.882 bits per heavy atom. The second-order valence-electron chi connectivity index (χ2n) is 7.71. The van der Waals surface area contributed by atoms with Crippen LogP contribution in [0.5, 0.6) is 0 Å². The highest BCUT2D eigenvalue weighted by molar-refractivity contribution is 6.35. The fourth-order valence-corrected chi connectivity index (χ4v) is 4.07. The van der Waals surface area contributed by atoms with Crippen LogP contribution in [0.15, 0.2) is 72.8 Å². The lowest BCUT2D eigenvalue weighted by atomic mass is 10.0. The van der Waals surface area contributed by atoms with Gasteiger partial charge in [0.25, 0.3) is 0 Å². The largest absolute Gasteiger partial charge is 0.398 e. The first kappa shape index (κ1) is 25.9. The molecule has 0 amide bonds. The van der Waals surface area contributed by atoms with Crippen molar-refractivity contribution in [3.8, 4) is 0 Å². The molecule has 4 aromatic carbocycles. The highest BCUT2D eigenvalue weighted by Crippen LogP contribution is 2.30. The summed E-state index contributed by atoms with van der Waals surface area (Å²) in [7, 11) is 0. The second kappa shape index (κ2) is 11.6. The van der Waals surface area contributed by atoms with E-state index in [9.17, 15) is 0 Å². The van der Waals surface area contributed by atoms with Crippen molar-refractivity contribution in [2.45, 2.75) is 12.8 Å². The lowest BCUT2D eigenvalue weighted by molar-refractivity contribution is 1.19. The first-order chi connectivity index (χ1) is 16.2. The zero-order valence-electron chi connectivity index (χ0n) is 18.2. The van der Waals surface area contributed by atoms with Gasteiger partial charge in [0.15, 0.2) is 0 Å². The van der Waals surface area contributed by atoms with Gasteiger partial charge in [0.2, 0.25) is 0 Å². The van der Waals surface area contributed by atoms with Gasteiger partial charge in [-0.2, -0.15) is 0 Å². The molecule has 0 aliphatic carbocycles.